The number of H-pyrrole nitrogens is 1. The van der Waals surface area contributed by atoms with Crippen molar-refractivity contribution >= 4 is 20.9 Å². The largest absolute Gasteiger partial charge is 0.361 e. The average molecular weight is 250 g/mol. The molecule has 0 spiro atoms. The Morgan fingerprint density at radius 3 is 2.65 bits per heavy atom. The molecule has 3 rings (SSSR count). The predicted molar refractivity (Wildman–Crippen MR) is 66.3 cm³/mol. The van der Waals surface area contributed by atoms with Gasteiger partial charge in [-0.2, -0.15) is 4.31 Å². The van der Waals surface area contributed by atoms with Gasteiger partial charge in [-0.3, -0.25) is 0 Å². The lowest BCUT2D eigenvalue weighted by molar-refractivity contribution is 0.477. The fourth-order valence-corrected chi connectivity index (χ4v) is 3.82. The minimum atomic E-state index is -3.29. The van der Waals surface area contributed by atoms with Crippen LogP contribution < -0.4 is 0 Å². The van der Waals surface area contributed by atoms with Gasteiger partial charge in [0.1, 0.15) is 0 Å². The van der Waals surface area contributed by atoms with E-state index in [0.29, 0.717) is 18.0 Å². The molecule has 2 aromatic rings. The maximum atomic E-state index is 12.3. The fraction of sp³-hybridized carbons (Fsp3) is 0.333. The van der Waals surface area contributed by atoms with Gasteiger partial charge in [0.25, 0.3) is 0 Å². The summed E-state index contributed by atoms with van der Waals surface area (Å²) >= 11 is 0. The molecule has 1 fully saturated rings. The lowest BCUT2D eigenvalue weighted by Gasteiger charge is -2.15. The summed E-state index contributed by atoms with van der Waals surface area (Å²) in [6.45, 7) is 1.29. The third-order valence-electron chi connectivity index (χ3n) is 3.23. The Hall–Kier alpha value is -1.33. The van der Waals surface area contributed by atoms with Crippen molar-refractivity contribution in [2.75, 3.05) is 13.1 Å². The van der Waals surface area contributed by atoms with Crippen LogP contribution in [-0.4, -0.2) is 30.8 Å². The number of aromatic amines is 1. The van der Waals surface area contributed by atoms with Crippen molar-refractivity contribution in [3.63, 3.8) is 0 Å². The fourth-order valence-electron chi connectivity index (χ4n) is 2.27. The molecule has 1 aromatic heterocycles. The molecule has 0 atom stereocenters. The van der Waals surface area contributed by atoms with Crippen LogP contribution in [0, 0.1) is 0 Å². The van der Waals surface area contributed by atoms with Crippen LogP contribution in [0.5, 0.6) is 0 Å². The summed E-state index contributed by atoms with van der Waals surface area (Å²) in [7, 11) is -3.29. The summed E-state index contributed by atoms with van der Waals surface area (Å²) in [5.41, 5.74) is 0.963. The maximum absolute atomic E-state index is 12.3. The van der Waals surface area contributed by atoms with Crippen LogP contribution in [0.1, 0.15) is 12.8 Å². The average Bonchev–Trinajstić information content (AvgIpc) is 2.99. The molecule has 1 aromatic carbocycles. The number of hydrogen-bond donors (Lipinski definition) is 1. The zero-order valence-electron chi connectivity index (χ0n) is 9.39. The van der Waals surface area contributed by atoms with Gasteiger partial charge in [-0.1, -0.05) is 0 Å². The van der Waals surface area contributed by atoms with E-state index in [4.69, 9.17) is 0 Å². The van der Waals surface area contributed by atoms with Crippen molar-refractivity contribution in [1.82, 2.24) is 9.29 Å². The zero-order valence-corrected chi connectivity index (χ0v) is 10.2. The lowest BCUT2D eigenvalue weighted by atomic mass is 10.2. The molecule has 1 aliphatic heterocycles. The SMILES string of the molecule is O=S(=O)(c1ccc2[nH]ccc2c1)N1CCCC1. The first-order valence-corrected chi connectivity index (χ1v) is 7.19. The number of nitrogens with zero attached hydrogens (tertiary/aromatic N) is 1. The maximum Gasteiger partial charge on any atom is 0.243 e. The molecule has 0 bridgehead atoms. The third-order valence-corrected chi connectivity index (χ3v) is 5.12. The molecular formula is C12H14N2O2S. The second-order valence-electron chi connectivity index (χ2n) is 4.34. The molecule has 17 heavy (non-hydrogen) atoms. The summed E-state index contributed by atoms with van der Waals surface area (Å²) in [5, 5.41) is 0.935. The second kappa shape index (κ2) is 3.85. The van der Waals surface area contributed by atoms with E-state index in [-0.39, 0.29) is 0 Å². The highest BCUT2D eigenvalue weighted by atomic mass is 32.2. The van der Waals surface area contributed by atoms with Crippen molar-refractivity contribution < 1.29 is 8.42 Å². The summed E-state index contributed by atoms with van der Waals surface area (Å²) < 4.78 is 26.2. The van der Waals surface area contributed by atoms with Crippen LogP contribution in [0.2, 0.25) is 0 Å². The molecule has 0 amide bonds. The van der Waals surface area contributed by atoms with Gasteiger partial charge in [0.2, 0.25) is 10.0 Å². The first-order chi connectivity index (χ1) is 8.18. The Bertz CT molecular complexity index is 639. The lowest BCUT2D eigenvalue weighted by Crippen LogP contribution is -2.27. The van der Waals surface area contributed by atoms with Gasteiger partial charge < -0.3 is 4.98 Å². The summed E-state index contributed by atoms with van der Waals surface area (Å²) in [4.78, 5) is 3.45. The normalized spacial score (nSPS) is 17.9. The molecule has 0 aliphatic carbocycles. The number of aromatic nitrogens is 1. The highest BCUT2D eigenvalue weighted by Crippen LogP contribution is 2.23. The van der Waals surface area contributed by atoms with Gasteiger partial charge in [-0.25, -0.2) is 8.42 Å². The molecule has 5 heteroatoms. The van der Waals surface area contributed by atoms with E-state index >= 15 is 0 Å². The molecule has 1 N–H and O–H groups in total. The zero-order chi connectivity index (χ0) is 11.9. The second-order valence-corrected chi connectivity index (χ2v) is 6.28. The van der Waals surface area contributed by atoms with Gasteiger partial charge >= 0.3 is 0 Å². The van der Waals surface area contributed by atoms with Crippen molar-refractivity contribution in [2.24, 2.45) is 0 Å². The Morgan fingerprint density at radius 2 is 1.88 bits per heavy atom. The quantitative estimate of drug-likeness (QED) is 0.885. The van der Waals surface area contributed by atoms with E-state index in [1.54, 1.807) is 16.4 Å². The topological polar surface area (TPSA) is 53.2 Å². The van der Waals surface area contributed by atoms with E-state index in [1.807, 2.05) is 18.3 Å². The summed E-state index contributed by atoms with van der Waals surface area (Å²) in [5.74, 6) is 0. The van der Waals surface area contributed by atoms with Crippen LogP contribution in [0.15, 0.2) is 35.4 Å². The first kappa shape index (κ1) is 10.8. The number of nitrogens with one attached hydrogen (secondary N) is 1. The number of sulfonamides is 1. The van der Waals surface area contributed by atoms with Crippen molar-refractivity contribution in [1.29, 1.82) is 0 Å². The van der Waals surface area contributed by atoms with Crippen LogP contribution >= 0.6 is 0 Å². The molecule has 0 unspecified atom stereocenters. The molecule has 1 saturated heterocycles. The van der Waals surface area contributed by atoms with E-state index in [0.717, 1.165) is 23.7 Å². The molecule has 1 aliphatic rings. The molecule has 0 saturated carbocycles. The third kappa shape index (κ3) is 1.75. The highest BCUT2D eigenvalue weighted by Gasteiger charge is 2.27. The van der Waals surface area contributed by atoms with Crippen molar-refractivity contribution in [3.8, 4) is 0 Å². The van der Waals surface area contributed by atoms with Gasteiger partial charge in [0.05, 0.1) is 4.90 Å². The van der Waals surface area contributed by atoms with Gasteiger partial charge in [-0.15, -0.1) is 0 Å². The Balaban J connectivity index is 2.07. The predicted octanol–water partition coefficient (Wildman–Crippen LogP) is 1.95. The molecule has 2 heterocycles. The molecular weight excluding hydrogens is 236 g/mol. The first-order valence-electron chi connectivity index (χ1n) is 5.75. The van der Waals surface area contributed by atoms with E-state index in [9.17, 15) is 8.42 Å². The summed E-state index contributed by atoms with van der Waals surface area (Å²) in [6, 6.07) is 7.11. The number of benzene rings is 1. The molecule has 90 valence electrons. The van der Waals surface area contributed by atoms with Gasteiger partial charge in [0, 0.05) is 30.2 Å². The van der Waals surface area contributed by atoms with Crippen LogP contribution in [0.25, 0.3) is 10.9 Å². The van der Waals surface area contributed by atoms with Gasteiger partial charge in [-0.05, 0) is 37.1 Å². The highest BCUT2D eigenvalue weighted by molar-refractivity contribution is 7.89. The number of hydrogen-bond acceptors (Lipinski definition) is 2. The van der Waals surface area contributed by atoms with Crippen LogP contribution in [0.3, 0.4) is 0 Å². The molecule has 4 nitrogen and oxygen atoms in total. The Kier molecular flexibility index (Phi) is 2.45. The molecule has 0 radical (unpaired) electrons. The minimum Gasteiger partial charge on any atom is -0.361 e. The monoisotopic (exact) mass is 250 g/mol. The van der Waals surface area contributed by atoms with Crippen LogP contribution in [-0.2, 0) is 10.0 Å². The summed E-state index contributed by atoms with van der Waals surface area (Å²) in [6.07, 6.45) is 3.74. The van der Waals surface area contributed by atoms with Gasteiger partial charge in [0.15, 0.2) is 0 Å². The standard InChI is InChI=1S/C12H14N2O2S/c15-17(16,14-7-1-2-8-14)11-3-4-12-10(9-11)5-6-13-12/h3-6,9,13H,1-2,7-8H2. The van der Waals surface area contributed by atoms with E-state index in [2.05, 4.69) is 4.98 Å². The van der Waals surface area contributed by atoms with Crippen LogP contribution in [0.4, 0.5) is 0 Å². The Labute approximate surface area is 100 Å². The smallest absolute Gasteiger partial charge is 0.243 e. The van der Waals surface area contributed by atoms with E-state index < -0.39 is 10.0 Å². The Morgan fingerprint density at radius 1 is 1.12 bits per heavy atom. The van der Waals surface area contributed by atoms with Crippen molar-refractivity contribution in [2.45, 2.75) is 17.7 Å². The number of rotatable bonds is 2. The van der Waals surface area contributed by atoms with Crippen molar-refractivity contribution in [3.05, 3.63) is 30.5 Å². The van der Waals surface area contributed by atoms with E-state index in [1.165, 1.54) is 0 Å². The number of fused-ring (bicyclic) bond motifs is 1. The minimum absolute atomic E-state index is 0.395.